The van der Waals surface area contributed by atoms with Gasteiger partial charge in [-0.3, -0.25) is 9.78 Å². The van der Waals surface area contributed by atoms with Gasteiger partial charge in [0.15, 0.2) is 17.2 Å². The van der Waals surface area contributed by atoms with Gasteiger partial charge in [-0.2, -0.15) is 5.10 Å². The molecule has 0 amide bonds. The lowest BCUT2D eigenvalue weighted by atomic mass is 10.2. The van der Waals surface area contributed by atoms with Crippen molar-refractivity contribution in [1.29, 1.82) is 0 Å². The molecule has 10 nitrogen and oxygen atoms in total. The average Bonchev–Trinajstić information content (AvgIpc) is 3.22. The summed E-state index contributed by atoms with van der Waals surface area (Å²) in [5.41, 5.74) is -0.0614. The molecule has 0 radical (unpaired) electrons. The number of hydrogen-bond donors (Lipinski definition) is 2. The average molecular weight is 475 g/mol. The van der Waals surface area contributed by atoms with Crippen molar-refractivity contribution >= 4 is 40.4 Å². The Kier molecular flexibility index (Phi) is 5.93. The fraction of sp³-hybridized carbons (Fsp3) is 0.100. The summed E-state index contributed by atoms with van der Waals surface area (Å²) in [5, 5.41) is 13.4. The van der Waals surface area contributed by atoms with Crippen LogP contribution >= 0.6 is 23.4 Å². The van der Waals surface area contributed by atoms with E-state index in [0.29, 0.717) is 32.3 Å². The van der Waals surface area contributed by atoms with Gasteiger partial charge in [0.05, 0.1) is 42.5 Å². The van der Waals surface area contributed by atoms with Gasteiger partial charge in [0.25, 0.3) is 5.56 Å². The minimum Gasteiger partial charge on any atom is -0.493 e. The highest BCUT2D eigenvalue weighted by atomic mass is 35.5. The first kappa shape index (κ1) is 21.5. The van der Waals surface area contributed by atoms with Crippen LogP contribution in [-0.4, -0.2) is 45.2 Å². The van der Waals surface area contributed by atoms with Crippen molar-refractivity contribution in [3.8, 4) is 23.2 Å². The number of ether oxygens (including phenoxy) is 3. The molecule has 0 bridgehead atoms. The molecule has 0 atom stereocenters. The van der Waals surface area contributed by atoms with Crippen LogP contribution in [0.2, 0.25) is 5.02 Å². The number of nitrogens with zero attached hydrogens (tertiary/aromatic N) is 3. The lowest BCUT2D eigenvalue weighted by Crippen LogP contribution is -2.14. The molecular weight excluding hydrogens is 460 g/mol. The number of carbonyl (C=O) groups is 1. The second kappa shape index (κ2) is 8.81. The first-order chi connectivity index (χ1) is 15.4. The maximum atomic E-state index is 12.7. The molecule has 12 heteroatoms. The SMILES string of the molecule is COc1ccc(Sc2cc3c(=O)[nH]c(-n4cc(OC(=O)O)cn4)nc3cc2Cl)cc1OC. The number of rotatable bonds is 6. The summed E-state index contributed by atoms with van der Waals surface area (Å²) in [6.07, 6.45) is 0.991. The second-order valence-electron chi connectivity index (χ2n) is 6.30. The van der Waals surface area contributed by atoms with Crippen molar-refractivity contribution in [2.24, 2.45) is 0 Å². The fourth-order valence-electron chi connectivity index (χ4n) is 2.90. The van der Waals surface area contributed by atoms with Crippen molar-refractivity contribution in [3.63, 3.8) is 0 Å². The van der Waals surface area contributed by atoms with Crippen LogP contribution in [0.15, 0.2) is 57.3 Å². The maximum Gasteiger partial charge on any atom is 0.511 e. The highest BCUT2D eigenvalue weighted by molar-refractivity contribution is 7.99. The lowest BCUT2D eigenvalue weighted by Gasteiger charge is -2.11. The van der Waals surface area contributed by atoms with Crippen LogP contribution < -0.4 is 19.8 Å². The van der Waals surface area contributed by atoms with Gasteiger partial charge >= 0.3 is 6.16 Å². The van der Waals surface area contributed by atoms with Crippen molar-refractivity contribution in [1.82, 2.24) is 19.7 Å². The van der Waals surface area contributed by atoms with Gasteiger partial charge < -0.3 is 19.3 Å². The number of halogens is 1. The Bertz CT molecular complexity index is 1390. The molecule has 4 rings (SSSR count). The van der Waals surface area contributed by atoms with Gasteiger partial charge in [0, 0.05) is 9.79 Å². The number of hydrogen-bond acceptors (Lipinski definition) is 8. The Balaban J connectivity index is 1.69. The van der Waals surface area contributed by atoms with E-state index < -0.39 is 11.7 Å². The van der Waals surface area contributed by atoms with Gasteiger partial charge in [0.1, 0.15) is 0 Å². The Labute approximate surface area is 189 Å². The highest BCUT2D eigenvalue weighted by Crippen LogP contribution is 2.38. The number of benzene rings is 2. The number of nitrogens with one attached hydrogen (secondary N) is 1. The molecule has 0 aliphatic rings. The Hall–Kier alpha value is -3.70. The van der Waals surface area contributed by atoms with Gasteiger partial charge in [-0.15, -0.1) is 0 Å². The largest absolute Gasteiger partial charge is 0.511 e. The normalized spacial score (nSPS) is 10.8. The topological polar surface area (TPSA) is 129 Å². The molecule has 2 heterocycles. The van der Waals surface area contributed by atoms with E-state index in [1.807, 2.05) is 12.1 Å². The van der Waals surface area contributed by atoms with Gasteiger partial charge in [-0.05, 0) is 30.3 Å². The van der Waals surface area contributed by atoms with Gasteiger partial charge in [0.2, 0.25) is 5.95 Å². The number of fused-ring (bicyclic) bond motifs is 1. The maximum absolute atomic E-state index is 12.7. The smallest absolute Gasteiger partial charge is 0.493 e. The molecule has 0 spiro atoms. The van der Waals surface area contributed by atoms with E-state index in [0.717, 1.165) is 4.90 Å². The van der Waals surface area contributed by atoms with Gasteiger partial charge in [-0.1, -0.05) is 23.4 Å². The molecule has 0 aliphatic carbocycles. The summed E-state index contributed by atoms with van der Waals surface area (Å²) in [4.78, 5) is 31.8. The van der Waals surface area contributed by atoms with Crippen molar-refractivity contribution in [3.05, 3.63) is 58.1 Å². The van der Waals surface area contributed by atoms with Crippen LogP contribution in [0.25, 0.3) is 16.9 Å². The zero-order chi connectivity index (χ0) is 22.8. The summed E-state index contributed by atoms with van der Waals surface area (Å²) in [7, 11) is 3.11. The number of carboxylic acid groups (broad SMARTS) is 1. The molecule has 2 N–H and O–H groups in total. The molecule has 0 unspecified atom stereocenters. The zero-order valence-corrected chi connectivity index (χ0v) is 18.2. The van der Waals surface area contributed by atoms with E-state index in [9.17, 15) is 9.59 Å². The summed E-state index contributed by atoms with van der Waals surface area (Å²) in [5.74, 6) is 1.24. The molecule has 0 saturated heterocycles. The summed E-state index contributed by atoms with van der Waals surface area (Å²) in [6, 6.07) is 8.67. The number of H-pyrrole nitrogens is 1. The van der Waals surface area contributed by atoms with Crippen molar-refractivity contribution < 1.29 is 24.1 Å². The monoisotopic (exact) mass is 474 g/mol. The molecule has 0 saturated carbocycles. The molecular formula is C20H15ClN4O6S. The van der Waals surface area contributed by atoms with Crippen LogP contribution in [0.4, 0.5) is 4.79 Å². The standard InChI is InChI=1S/C20H15ClN4O6S/c1-29-15-4-3-11(5-16(15)30-2)32-17-6-12-14(7-13(17)21)23-19(24-18(12)26)25-9-10(8-22-25)31-20(27)28/h3-9H,1-2H3,(H,27,28)(H,23,24,26). The number of aromatic amines is 1. The predicted molar refractivity (Wildman–Crippen MR) is 117 cm³/mol. The Morgan fingerprint density at radius 2 is 1.97 bits per heavy atom. The van der Waals surface area contributed by atoms with E-state index in [-0.39, 0.29) is 11.7 Å². The van der Waals surface area contributed by atoms with Crippen LogP contribution in [0.3, 0.4) is 0 Å². The lowest BCUT2D eigenvalue weighted by molar-refractivity contribution is 0.144. The van der Waals surface area contributed by atoms with E-state index in [1.165, 1.54) is 28.8 Å². The minimum absolute atomic E-state index is 0.0139. The number of methoxy groups -OCH3 is 2. The third-order valence-corrected chi connectivity index (χ3v) is 5.78. The summed E-state index contributed by atoms with van der Waals surface area (Å²) < 4.78 is 16.3. The van der Waals surface area contributed by atoms with E-state index in [2.05, 4.69) is 19.8 Å². The summed E-state index contributed by atoms with van der Waals surface area (Å²) in [6.45, 7) is 0. The quantitative estimate of drug-likeness (QED) is 0.398. The first-order valence-corrected chi connectivity index (χ1v) is 10.2. The molecule has 0 aliphatic heterocycles. The van der Waals surface area contributed by atoms with Crippen molar-refractivity contribution in [2.45, 2.75) is 9.79 Å². The molecule has 2 aromatic carbocycles. The molecule has 164 valence electrons. The van der Waals surface area contributed by atoms with Crippen LogP contribution in [-0.2, 0) is 0 Å². The third kappa shape index (κ3) is 4.34. The molecule has 32 heavy (non-hydrogen) atoms. The van der Waals surface area contributed by atoms with Crippen LogP contribution in [0, 0.1) is 0 Å². The third-order valence-electron chi connectivity index (χ3n) is 4.31. The van der Waals surface area contributed by atoms with Crippen molar-refractivity contribution in [2.75, 3.05) is 14.2 Å². The minimum atomic E-state index is -1.48. The van der Waals surface area contributed by atoms with Gasteiger partial charge in [-0.25, -0.2) is 14.5 Å². The molecule has 0 fully saturated rings. The Morgan fingerprint density at radius 3 is 2.69 bits per heavy atom. The molecule has 2 aromatic heterocycles. The fourth-order valence-corrected chi connectivity index (χ4v) is 4.06. The van der Waals surface area contributed by atoms with E-state index >= 15 is 0 Å². The van der Waals surface area contributed by atoms with Crippen LogP contribution in [0.1, 0.15) is 0 Å². The molecule has 4 aromatic rings. The highest BCUT2D eigenvalue weighted by Gasteiger charge is 2.14. The predicted octanol–water partition coefficient (Wildman–Crippen LogP) is 3.99. The zero-order valence-electron chi connectivity index (χ0n) is 16.7. The first-order valence-electron chi connectivity index (χ1n) is 8.97. The van der Waals surface area contributed by atoms with E-state index in [4.69, 9.17) is 26.2 Å². The Morgan fingerprint density at radius 1 is 1.19 bits per heavy atom. The summed E-state index contributed by atoms with van der Waals surface area (Å²) >= 11 is 7.82. The number of aromatic nitrogens is 4. The van der Waals surface area contributed by atoms with E-state index in [1.54, 1.807) is 32.4 Å². The van der Waals surface area contributed by atoms with Crippen LogP contribution in [0.5, 0.6) is 17.2 Å². The second-order valence-corrected chi connectivity index (χ2v) is 7.82.